The Morgan fingerprint density at radius 3 is 2.25 bits per heavy atom. The van der Waals surface area contributed by atoms with Crippen LogP contribution in [0.15, 0.2) is 77.7 Å². The molecule has 0 bridgehead atoms. The van der Waals surface area contributed by atoms with Crippen LogP contribution in [0.2, 0.25) is 0 Å². The Balaban J connectivity index is 1.88. The molecule has 0 aliphatic rings. The summed E-state index contributed by atoms with van der Waals surface area (Å²) in [6.45, 7) is 0.387. The topological polar surface area (TPSA) is 51.1 Å². The van der Waals surface area contributed by atoms with Crippen molar-refractivity contribution >= 4 is 5.91 Å². The van der Waals surface area contributed by atoms with E-state index in [2.05, 4.69) is 5.32 Å². The lowest BCUT2D eigenvalue weighted by Gasteiger charge is -2.09. The molecule has 24 heavy (non-hydrogen) atoms. The van der Waals surface area contributed by atoms with Crippen molar-refractivity contribution in [2.75, 3.05) is 0 Å². The minimum Gasteiger partial charge on any atom is -0.348 e. The van der Waals surface area contributed by atoms with Crippen molar-refractivity contribution in [2.24, 2.45) is 7.05 Å². The van der Waals surface area contributed by atoms with E-state index in [0.29, 0.717) is 6.54 Å². The number of rotatable bonds is 4. The van der Waals surface area contributed by atoms with Crippen LogP contribution in [0.4, 0.5) is 0 Å². The number of aryl methyl sites for hydroxylation is 1. The maximum Gasteiger partial charge on any atom is 0.263 e. The zero-order chi connectivity index (χ0) is 16.9. The average Bonchev–Trinajstić information content (AvgIpc) is 2.63. The molecule has 3 rings (SSSR count). The van der Waals surface area contributed by atoms with Gasteiger partial charge in [0.15, 0.2) is 0 Å². The number of benzene rings is 2. The molecule has 1 aromatic heterocycles. The van der Waals surface area contributed by atoms with E-state index in [-0.39, 0.29) is 17.0 Å². The fourth-order valence-electron chi connectivity index (χ4n) is 2.54. The van der Waals surface area contributed by atoms with Gasteiger partial charge in [0.1, 0.15) is 5.56 Å². The van der Waals surface area contributed by atoms with Crippen molar-refractivity contribution in [1.82, 2.24) is 9.88 Å². The molecule has 0 radical (unpaired) electrons. The molecular formula is C20H18N2O2. The van der Waals surface area contributed by atoms with Gasteiger partial charge in [-0.25, -0.2) is 0 Å². The van der Waals surface area contributed by atoms with Gasteiger partial charge < -0.3 is 9.88 Å². The normalized spacial score (nSPS) is 10.4. The Bertz CT molecular complexity index is 900. The zero-order valence-electron chi connectivity index (χ0n) is 13.4. The van der Waals surface area contributed by atoms with Gasteiger partial charge in [-0.15, -0.1) is 0 Å². The minimum absolute atomic E-state index is 0.148. The van der Waals surface area contributed by atoms with Crippen molar-refractivity contribution < 1.29 is 4.79 Å². The SMILES string of the molecule is Cn1cc(-c2ccccc2)cc(C(=O)NCc2ccccc2)c1=O. The molecule has 0 unspecified atom stereocenters. The lowest BCUT2D eigenvalue weighted by Crippen LogP contribution is -2.31. The molecule has 1 N–H and O–H groups in total. The first-order chi connectivity index (χ1) is 11.6. The number of hydrogen-bond acceptors (Lipinski definition) is 2. The van der Waals surface area contributed by atoms with Crippen LogP contribution in [0.5, 0.6) is 0 Å². The molecule has 2 aromatic carbocycles. The molecule has 0 saturated heterocycles. The largest absolute Gasteiger partial charge is 0.348 e. The summed E-state index contributed by atoms with van der Waals surface area (Å²) >= 11 is 0. The lowest BCUT2D eigenvalue weighted by atomic mass is 10.1. The first-order valence-corrected chi connectivity index (χ1v) is 7.73. The standard InChI is InChI=1S/C20H18N2O2/c1-22-14-17(16-10-6-3-7-11-16)12-18(20(22)24)19(23)21-13-15-8-4-2-5-9-15/h2-12,14H,13H2,1H3,(H,21,23). The quantitative estimate of drug-likeness (QED) is 0.804. The summed E-state index contributed by atoms with van der Waals surface area (Å²) in [4.78, 5) is 24.8. The van der Waals surface area contributed by atoms with E-state index >= 15 is 0 Å². The van der Waals surface area contributed by atoms with Gasteiger partial charge in [-0.05, 0) is 22.8 Å². The fourth-order valence-corrected chi connectivity index (χ4v) is 2.54. The Labute approximate surface area is 140 Å². The summed E-state index contributed by atoms with van der Waals surface area (Å²) in [5.74, 6) is -0.364. The summed E-state index contributed by atoms with van der Waals surface area (Å²) in [5, 5.41) is 2.81. The van der Waals surface area contributed by atoms with E-state index in [4.69, 9.17) is 0 Å². The van der Waals surface area contributed by atoms with E-state index < -0.39 is 0 Å². The van der Waals surface area contributed by atoms with Gasteiger partial charge in [-0.3, -0.25) is 9.59 Å². The van der Waals surface area contributed by atoms with Crippen LogP contribution in [-0.2, 0) is 13.6 Å². The van der Waals surface area contributed by atoms with Crippen molar-refractivity contribution in [2.45, 2.75) is 6.54 Å². The van der Waals surface area contributed by atoms with E-state index in [9.17, 15) is 9.59 Å². The first-order valence-electron chi connectivity index (χ1n) is 7.73. The van der Waals surface area contributed by atoms with Gasteiger partial charge in [0.05, 0.1) is 0 Å². The van der Waals surface area contributed by atoms with E-state index in [1.54, 1.807) is 19.3 Å². The highest BCUT2D eigenvalue weighted by molar-refractivity contribution is 5.95. The second-order valence-electron chi connectivity index (χ2n) is 5.59. The molecule has 3 aromatic rings. The van der Waals surface area contributed by atoms with Crippen LogP contribution < -0.4 is 10.9 Å². The van der Waals surface area contributed by atoms with Crippen LogP contribution in [0.1, 0.15) is 15.9 Å². The summed E-state index contributed by atoms with van der Waals surface area (Å²) in [6.07, 6.45) is 1.74. The predicted molar refractivity (Wildman–Crippen MR) is 94.7 cm³/mol. The second-order valence-corrected chi connectivity index (χ2v) is 5.59. The highest BCUT2D eigenvalue weighted by atomic mass is 16.2. The number of hydrogen-bond donors (Lipinski definition) is 1. The van der Waals surface area contributed by atoms with Crippen LogP contribution in [0.25, 0.3) is 11.1 Å². The number of carbonyl (C=O) groups excluding carboxylic acids is 1. The molecule has 120 valence electrons. The molecule has 1 amide bonds. The molecule has 0 atom stereocenters. The highest BCUT2D eigenvalue weighted by Crippen LogP contribution is 2.18. The average molecular weight is 318 g/mol. The molecule has 0 spiro atoms. The van der Waals surface area contributed by atoms with Gasteiger partial charge in [-0.1, -0.05) is 60.7 Å². The van der Waals surface area contributed by atoms with Crippen molar-refractivity contribution in [3.8, 4) is 11.1 Å². The molecule has 4 nitrogen and oxygen atoms in total. The summed E-state index contributed by atoms with van der Waals surface area (Å²) in [5.41, 5.74) is 2.63. The second kappa shape index (κ2) is 6.96. The third-order valence-corrected chi connectivity index (χ3v) is 3.83. The lowest BCUT2D eigenvalue weighted by molar-refractivity contribution is 0.0949. The minimum atomic E-state index is -0.364. The van der Waals surface area contributed by atoms with Crippen LogP contribution in [-0.4, -0.2) is 10.5 Å². The van der Waals surface area contributed by atoms with Gasteiger partial charge in [0.2, 0.25) is 0 Å². The van der Waals surface area contributed by atoms with Crippen LogP contribution in [0, 0.1) is 0 Å². The molecule has 4 heteroatoms. The van der Waals surface area contributed by atoms with Crippen molar-refractivity contribution in [1.29, 1.82) is 0 Å². The summed E-state index contributed by atoms with van der Waals surface area (Å²) in [6, 6.07) is 20.9. The van der Waals surface area contributed by atoms with Crippen LogP contribution >= 0.6 is 0 Å². The molecule has 0 saturated carbocycles. The number of aromatic nitrogens is 1. The number of nitrogens with zero attached hydrogens (tertiary/aromatic N) is 1. The van der Waals surface area contributed by atoms with Crippen molar-refractivity contribution in [3.63, 3.8) is 0 Å². The zero-order valence-corrected chi connectivity index (χ0v) is 13.4. The molecule has 0 fully saturated rings. The van der Waals surface area contributed by atoms with Gasteiger partial charge >= 0.3 is 0 Å². The Morgan fingerprint density at radius 1 is 0.958 bits per heavy atom. The summed E-state index contributed by atoms with van der Waals surface area (Å²) in [7, 11) is 1.66. The number of nitrogens with one attached hydrogen (secondary N) is 1. The number of amides is 1. The van der Waals surface area contributed by atoms with Gasteiger partial charge in [0, 0.05) is 19.8 Å². The Hall–Kier alpha value is -3.14. The van der Waals surface area contributed by atoms with E-state index in [0.717, 1.165) is 16.7 Å². The van der Waals surface area contributed by atoms with Crippen LogP contribution in [0.3, 0.4) is 0 Å². The first kappa shape index (κ1) is 15.7. The monoisotopic (exact) mass is 318 g/mol. The Kier molecular flexibility index (Phi) is 4.57. The number of pyridine rings is 1. The molecular weight excluding hydrogens is 300 g/mol. The molecule has 0 aliphatic heterocycles. The predicted octanol–water partition coefficient (Wildman–Crippen LogP) is 2.98. The van der Waals surface area contributed by atoms with Gasteiger partial charge in [0.25, 0.3) is 11.5 Å². The molecule has 1 heterocycles. The summed E-state index contributed by atoms with van der Waals surface area (Å²) < 4.78 is 1.44. The Morgan fingerprint density at radius 2 is 1.58 bits per heavy atom. The van der Waals surface area contributed by atoms with E-state index in [1.807, 2.05) is 60.7 Å². The fraction of sp³-hybridized carbons (Fsp3) is 0.100. The van der Waals surface area contributed by atoms with Crippen molar-refractivity contribution in [3.05, 3.63) is 94.4 Å². The smallest absolute Gasteiger partial charge is 0.263 e. The molecule has 0 aliphatic carbocycles. The third kappa shape index (κ3) is 3.43. The highest BCUT2D eigenvalue weighted by Gasteiger charge is 2.13. The maximum atomic E-state index is 12.5. The van der Waals surface area contributed by atoms with E-state index in [1.165, 1.54) is 4.57 Å². The maximum absolute atomic E-state index is 12.5. The third-order valence-electron chi connectivity index (χ3n) is 3.83. The number of carbonyl (C=O) groups is 1. The van der Waals surface area contributed by atoms with Gasteiger partial charge in [-0.2, -0.15) is 0 Å².